The van der Waals surface area contributed by atoms with Crippen molar-refractivity contribution in [3.05, 3.63) is 60.2 Å². The summed E-state index contributed by atoms with van der Waals surface area (Å²) in [5.41, 5.74) is 12.4. The van der Waals surface area contributed by atoms with E-state index in [1.807, 2.05) is 19.1 Å². The van der Waals surface area contributed by atoms with Gasteiger partial charge in [-0.05, 0) is 40.1 Å². The highest BCUT2D eigenvalue weighted by Gasteiger charge is 2.03. The van der Waals surface area contributed by atoms with Crippen LogP contribution in [0.5, 0.6) is 0 Å². The molecule has 0 spiro atoms. The first-order chi connectivity index (χ1) is 10.1. The fourth-order valence-corrected chi connectivity index (χ4v) is 2.42. The molecule has 3 aromatic rings. The first-order valence-corrected chi connectivity index (χ1v) is 6.70. The topological polar surface area (TPSA) is 76.8 Å². The van der Waals surface area contributed by atoms with Crippen LogP contribution in [-0.2, 0) is 0 Å². The highest BCUT2D eigenvalue weighted by atomic mass is 15.3. The van der Waals surface area contributed by atoms with Crippen molar-refractivity contribution in [1.29, 1.82) is 0 Å². The quantitative estimate of drug-likeness (QED) is 0.327. The first kappa shape index (κ1) is 13.1. The van der Waals surface area contributed by atoms with Gasteiger partial charge in [0.25, 0.3) is 0 Å². The Hall–Kier alpha value is -2.88. The van der Waals surface area contributed by atoms with E-state index in [2.05, 4.69) is 52.7 Å². The number of fused-ring (bicyclic) bond motifs is 3. The van der Waals surface area contributed by atoms with Gasteiger partial charge < -0.3 is 11.5 Å². The lowest BCUT2D eigenvalue weighted by Crippen LogP contribution is -2.22. The Balaban J connectivity index is 2.21. The molecule has 0 aliphatic rings. The summed E-state index contributed by atoms with van der Waals surface area (Å²) < 4.78 is 0. The Kier molecular flexibility index (Phi) is 3.28. The molecule has 4 heteroatoms. The summed E-state index contributed by atoms with van der Waals surface area (Å²) in [5, 5.41) is 12.6. The van der Waals surface area contributed by atoms with Crippen molar-refractivity contribution < 1.29 is 0 Å². The Morgan fingerprint density at radius 3 is 2.24 bits per heavy atom. The molecule has 0 saturated carbocycles. The predicted molar refractivity (Wildman–Crippen MR) is 89.5 cm³/mol. The molecule has 4 nitrogen and oxygen atoms in total. The van der Waals surface area contributed by atoms with Crippen molar-refractivity contribution in [3.8, 4) is 0 Å². The number of benzene rings is 3. The Morgan fingerprint density at radius 1 is 0.810 bits per heavy atom. The van der Waals surface area contributed by atoms with Gasteiger partial charge in [-0.3, -0.25) is 0 Å². The fraction of sp³-hybridized carbons (Fsp3) is 0.0588. The summed E-state index contributed by atoms with van der Waals surface area (Å²) in [7, 11) is 0. The molecule has 0 bridgehead atoms. The van der Waals surface area contributed by atoms with Gasteiger partial charge in [-0.25, -0.2) is 0 Å². The second-order valence-electron chi connectivity index (χ2n) is 4.93. The summed E-state index contributed by atoms with van der Waals surface area (Å²) >= 11 is 0. The zero-order chi connectivity index (χ0) is 14.8. The van der Waals surface area contributed by atoms with Gasteiger partial charge in [-0.1, -0.05) is 48.5 Å². The molecular formula is C17H16N4. The van der Waals surface area contributed by atoms with E-state index in [1.54, 1.807) is 0 Å². The van der Waals surface area contributed by atoms with Gasteiger partial charge in [0.15, 0.2) is 0 Å². The van der Waals surface area contributed by atoms with E-state index >= 15 is 0 Å². The molecule has 0 aromatic heterocycles. The Morgan fingerprint density at radius 2 is 1.48 bits per heavy atom. The number of nitrogens with two attached hydrogens (primary N) is 2. The molecule has 0 fully saturated rings. The maximum absolute atomic E-state index is 5.30. The largest absolute Gasteiger partial charge is 0.369 e. The van der Waals surface area contributed by atoms with Gasteiger partial charge in [0.2, 0.25) is 5.96 Å². The van der Waals surface area contributed by atoms with Crippen LogP contribution >= 0.6 is 0 Å². The lowest BCUT2D eigenvalue weighted by atomic mass is 9.99. The normalized spacial score (nSPS) is 11.8. The van der Waals surface area contributed by atoms with Crippen LogP contribution in [0.3, 0.4) is 0 Å². The van der Waals surface area contributed by atoms with Crippen molar-refractivity contribution in [2.24, 2.45) is 21.7 Å². The summed E-state index contributed by atoms with van der Waals surface area (Å²) in [6.45, 7) is 1.89. The maximum Gasteiger partial charge on any atom is 0.211 e. The molecule has 0 amide bonds. The van der Waals surface area contributed by atoms with E-state index in [1.165, 1.54) is 21.5 Å². The van der Waals surface area contributed by atoms with Crippen LogP contribution in [0.25, 0.3) is 21.5 Å². The summed E-state index contributed by atoms with van der Waals surface area (Å²) in [6.07, 6.45) is 0. The van der Waals surface area contributed by atoms with E-state index in [-0.39, 0.29) is 5.96 Å². The fourth-order valence-electron chi connectivity index (χ4n) is 2.42. The van der Waals surface area contributed by atoms with E-state index in [4.69, 9.17) is 11.5 Å². The second-order valence-corrected chi connectivity index (χ2v) is 4.93. The maximum atomic E-state index is 5.30. The number of guanidine groups is 1. The lowest BCUT2D eigenvalue weighted by molar-refractivity contribution is 1.20. The SMILES string of the molecule is C/C(=N\N=C(N)N)c1ccc2ccc3ccccc3c2c1. The summed E-state index contributed by atoms with van der Waals surface area (Å²) in [5.74, 6) is -0.0411. The first-order valence-electron chi connectivity index (χ1n) is 6.70. The predicted octanol–water partition coefficient (Wildman–Crippen LogP) is 2.99. The van der Waals surface area contributed by atoms with Crippen LogP contribution in [0.1, 0.15) is 12.5 Å². The van der Waals surface area contributed by atoms with Crippen molar-refractivity contribution in [2.45, 2.75) is 6.92 Å². The van der Waals surface area contributed by atoms with E-state index in [0.717, 1.165) is 11.3 Å². The van der Waals surface area contributed by atoms with E-state index < -0.39 is 0 Å². The van der Waals surface area contributed by atoms with Crippen molar-refractivity contribution in [3.63, 3.8) is 0 Å². The Bertz CT molecular complexity index is 874. The molecule has 104 valence electrons. The summed E-state index contributed by atoms with van der Waals surface area (Å²) in [6, 6.07) is 18.8. The molecule has 0 radical (unpaired) electrons. The Labute approximate surface area is 122 Å². The minimum atomic E-state index is -0.0411. The van der Waals surface area contributed by atoms with Crippen LogP contribution < -0.4 is 11.5 Å². The van der Waals surface area contributed by atoms with Crippen LogP contribution in [0.15, 0.2) is 64.8 Å². The van der Waals surface area contributed by atoms with Crippen molar-refractivity contribution in [1.82, 2.24) is 0 Å². The van der Waals surface area contributed by atoms with Gasteiger partial charge >= 0.3 is 0 Å². The molecule has 21 heavy (non-hydrogen) atoms. The van der Waals surface area contributed by atoms with Crippen LogP contribution in [0.4, 0.5) is 0 Å². The number of hydrogen-bond acceptors (Lipinski definition) is 2. The average Bonchev–Trinajstić information content (AvgIpc) is 2.52. The number of hydrogen-bond donors (Lipinski definition) is 2. The van der Waals surface area contributed by atoms with Crippen LogP contribution in [0, 0.1) is 0 Å². The van der Waals surface area contributed by atoms with Gasteiger partial charge in [0.05, 0.1) is 5.71 Å². The standard InChI is InChI=1S/C17H16N4/c1-11(20-21-17(18)19)14-9-8-13-7-6-12-4-2-3-5-15(12)16(13)10-14/h2-10H,1H3,(H4,18,19,21)/b20-11+. The van der Waals surface area contributed by atoms with Gasteiger partial charge in [0, 0.05) is 0 Å². The molecule has 0 unspecified atom stereocenters. The molecule has 4 N–H and O–H groups in total. The second kappa shape index (κ2) is 5.25. The van der Waals surface area contributed by atoms with Crippen molar-refractivity contribution >= 4 is 33.2 Å². The molecular weight excluding hydrogens is 260 g/mol. The molecule has 0 aliphatic heterocycles. The highest BCUT2D eigenvalue weighted by molar-refractivity contribution is 6.10. The molecule has 3 rings (SSSR count). The monoisotopic (exact) mass is 276 g/mol. The highest BCUT2D eigenvalue weighted by Crippen LogP contribution is 2.26. The molecule has 0 heterocycles. The van der Waals surface area contributed by atoms with Crippen LogP contribution in [-0.4, -0.2) is 11.7 Å². The van der Waals surface area contributed by atoms with Gasteiger partial charge in [0.1, 0.15) is 0 Å². The molecule has 0 aliphatic carbocycles. The summed E-state index contributed by atoms with van der Waals surface area (Å²) in [4.78, 5) is 0. The minimum Gasteiger partial charge on any atom is -0.369 e. The third kappa shape index (κ3) is 2.56. The minimum absolute atomic E-state index is 0.0411. The molecule has 0 atom stereocenters. The average molecular weight is 276 g/mol. The van der Waals surface area contributed by atoms with Crippen LogP contribution in [0.2, 0.25) is 0 Å². The van der Waals surface area contributed by atoms with E-state index in [9.17, 15) is 0 Å². The van der Waals surface area contributed by atoms with E-state index in [0.29, 0.717) is 0 Å². The third-order valence-corrected chi connectivity index (χ3v) is 3.48. The number of nitrogens with zero attached hydrogens (tertiary/aromatic N) is 2. The van der Waals surface area contributed by atoms with Gasteiger partial charge in [-0.15, -0.1) is 5.10 Å². The van der Waals surface area contributed by atoms with Gasteiger partial charge in [-0.2, -0.15) is 5.10 Å². The lowest BCUT2D eigenvalue weighted by Gasteiger charge is -2.06. The molecule has 0 saturated heterocycles. The number of rotatable bonds is 2. The zero-order valence-corrected chi connectivity index (χ0v) is 11.7. The van der Waals surface area contributed by atoms with Crippen molar-refractivity contribution in [2.75, 3.05) is 0 Å². The smallest absolute Gasteiger partial charge is 0.211 e. The molecule has 3 aromatic carbocycles. The zero-order valence-electron chi connectivity index (χ0n) is 11.7. The third-order valence-electron chi connectivity index (χ3n) is 3.48.